The molecule has 0 atom stereocenters. The van der Waals surface area contributed by atoms with Crippen molar-refractivity contribution in [2.45, 2.75) is 26.3 Å². The number of nitrogens with zero attached hydrogens (tertiary/aromatic N) is 1. The zero-order valence-electron chi connectivity index (χ0n) is 8.39. The van der Waals surface area contributed by atoms with Gasteiger partial charge in [-0.15, -0.1) is 0 Å². The minimum atomic E-state index is 0. The first kappa shape index (κ1) is 13.5. The van der Waals surface area contributed by atoms with Crippen molar-refractivity contribution >= 4 is 0 Å². The van der Waals surface area contributed by atoms with Crippen molar-refractivity contribution in [2.75, 3.05) is 27.2 Å². The minimum Gasteiger partial charge on any atom is -0.395 e. The smallest absolute Gasteiger partial charge is 0.0558 e. The van der Waals surface area contributed by atoms with E-state index in [1.54, 1.807) is 0 Å². The van der Waals surface area contributed by atoms with E-state index in [0.717, 1.165) is 6.54 Å². The molecule has 0 radical (unpaired) electrons. The third-order valence-corrected chi connectivity index (χ3v) is 0.547. The van der Waals surface area contributed by atoms with Crippen LogP contribution in [0.25, 0.3) is 0 Å². The molecular formula is C8H22N2O. The maximum atomic E-state index is 8.20. The molecule has 0 unspecified atom stereocenters. The number of nitrogens with two attached hydrogens (primary N) is 1. The average Bonchev–Trinajstić information content (AvgIpc) is 1.58. The molecule has 3 heteroatoms. The summed E-state index contributed by atoms with van der Waals surface area (Å²) in [6, 6.07) is 0. The predicted octanol–water partition coefficient (Wildman–Crippen LogP) is 0.284. The predicted molar refractivity (Wildman–Crippen MR) is 49.6 cm³/mol. The van der Waals surface area contributed by atoms with Crippen molar-refractivity contribution in [1.29, 1.82) is 0 Å². The number of aliphatic hydroxyl groups excluding tert-OH is 1. The van der Waals surface area contributed by atoms with E-state index in [1.807, 2.05) is 39.8 Å². The van der Waals surface area contributed by atoms with Crippen molar-refractivity contribution in [1.82, 2.24) is 4.90 Å². The highest BCUT2D eigenvalue weighted by Gasteiger charge is 1.95. The number of hydrogen-bond donors (Lipinski definition) is 2. The number of likely N-dealkylation sites (N-methyl/N-ethyl adjacent to an activating group) is 1. The fraction of sp³-hybridized carbons (Fsp3) is 1.00. The van der Waals surface area contributed by atoms with Gasteiger partial charge in [0, 0.05) is 12.1 Å². The summed E-state index contributed by atoms with van der Waals surface area (Å²) in [4.78, 5) is 1.93. The highest BCUT2D eigenvalue weighted by molar-refractivity contribution is 4.60. The van der Waals surface area contributed by atoms with Crippen molar-refractivity contribution in [2.24, 2.45) is 5.73 Å². The van der Waals surface area contributed by atoms with Crippen LogP contribution in [0.3, 0.4) is 0 Å². The third kappa shape index (κ3) is 74.0. The average molecular weight is 162 g/mol. The maximum absolute atomic E-state index is 8.20. The Morgan fingerprint density at radius 3 is 1.55 bits per heavy atom. The molecule has 3 nitrogen and oxygen atoms in total. The quantitative estimate of drug-likeness (QED) is 0.613. The van der Waals surface area contributed by atoms with Gasteiger partial charge < -0.3 is 15.7 Å². The summed E-state index contributed by atoms with van der Waals surface area (Å²) in [5.41, 5.74) is 5.35. The normalized spacial score (nSPS) is 10.9. The minimum absolute atomic E-state index is 0. The van der Waals surface area contributed by atoms with Gasteiger partial charge in [-0.05, 0) is 34.9 Å². The summed E-state index contributed by atoms with van der Waals surface area (Å²) in [6.45, 7) is 6.92. The van der Waals surface area contributed by atoms with Gasteiger partial charge in [-0.25, -0.2) is 0 Å². The highest BCUT2D eigenvalue weighted by Crippen LogP contribution is 1.88. The standard InChI is InChI=1S/C4H11NO.C4H11N/c1-5(2)3-4-6;1-4(2,3)5/h6H,3-4H2,1-2H3;5H2,1-3H3. The van der Waals surface area contributed by atoms with Gasteiger partial charge in [-0.3, -0.25) is 0 Å². The van der Waals surface area contributed by atoms with Gasteiger partial charge in [-0.1, -0.05) is 0 Å². The lowest BCUT2D eigenvalue weighted by Crippen LogP contribution is -2.26. The lowest BCUT2D eigenvalue weighted by Gasteiger charge is -2.06. The summed E-state index contributed by atoms with van der Waals surface area (Å²) in [5, 5.41) is 8.20. The fourth-order valence-electron chi connectivity index (χ4n) is 0.200. The van der Waals surface area contributed by atoms with Crippen LogP contribution in [0.2, 0.25) is 0 Å². The molecule has 0 aliphatic heterocycles. The van der Waals surface area contributed by atoms with Crippen LogP contribution in [-0.2, 0) is 0 Å². The van der Waals surface area contributed by atoms with Gasteiger partial charge in [0.05, 0.1) is 6.61 Å². The molecule has 11 heavy (non-hydrogen) atoms. The lowest BCUT2D eigenvalue weighted by atomic mass is 10.1. The summed E-state index contributed by atoms with van der Waals surface area (Å²) in [7, 11) is 3.85. The summed E-state index contributed by atoms with van der Waals surface area (Å²) in [5.74, 6) is 0. The molecule has 0 heterocycles. The Hall–Kier alpha value is -0.120. The third-order valence-electron chi connectivity index (χ3n) is 0.547. The Morgan fingerprint density at radius 2 is 1.55 bits per heavy atom. The van der Waals surface area contributed by atoms with Gasteiger partial charge in [0.1, 0.15) is 0 Å². The first-order valence-electron chi connectivity index (χ1n) is 3.82. The molecule has 0 spiro atoms. The number of aliphatic hydroxyl groups is 1. The second kappa shape index (κ2) is 6.58. The van der Waals surface area contributed by atoms with Crippen molar-refractivity contribution in [3.8, 4) is 0 Å². The van der Waals surface area contributed by atoms with Crippen LogP contribution in [0, 0.1) is 0 Å². The van der Waals surface area contributed by atoms with Gasteiger partial charge in [0.2, 0.25) is 0 Å². The SMILES string of the molecule is CC(C)(C)N.CN(C)CCO. The molecule has 0 amide bonds. The second-order valence-corrected chi connectivity index (χ2v) is 3.89. The monoisotopic (exact) mass is 162 g/mol. The lowest BCUT2D eigenvalue weighted by molar-refractivity contribution is 0.243. The van der Waals surface area contributed by atoms with Crippen LogP contribution in [0.1, 0.15) is 20.8 Å². The van der Waals surface area contributed by atoms with Crippen LogP contribution in [0.5, 0.6) is 0 Å². The van der Waals surface area contributed by atoms with Crippen LogP contribution < -0.4 is 5.73 Å². The van der Waals surface area contributed by atoms with E-state index in [4.69, 9.17) is 10.8 Å². The van der Waals surface area contributed by atoms with Crippen molar-refractivity contribution in [3.63, 3.8) is 0 Å². The van der Waals surface area contributed by atoms with Crippen LogP contribution in [-0.4, -0.2) is 42.8 Å². The zero-order chi connectivity index (χ0) is 9.49. The molecule has 0 aliphatic rings. The summed E-state index contributed by atoms with van der Waals surface area (Å²) in [6.07, 6.45) is 0. The highest BCUT2D eigenvalue weighted by atomic mass is 16.3. The molecule has 70 valence electrons. The molecule has 0 aromatic rings. The molecule has 0 aromatic carbocycles. The molecule has 3 N–H and O–H groups in total. The van der Waals surface area contributed by atoms with E-state index < -0.39 is 0 Å². The van der Waals surface area contributed by atoms with E-state index in [1.165, 1.54) is 0 Å². The molecule has 0 bridgehead atoms. The van der Waals surface area contributed by atoms with E-state index in [-0.39, 0.29) is 12.1 Å². The van der Waals surface area contributed by atoms with Crippen LogP contribution in [0.4, 0.5) is 0 Å². The van der Waals surface area contributed by atoms with Gasteiger partial charge in [0.25, 0.3) is 0 Å². The topological polar surface area (TPSA) is 49.5 Å². The van der Waals surface area contributed by atoms with E-state index in [0.29, 0.717) is 0 Å². The molecular weight excluding hydrogens is 140 g/mol. The van der Waals surface area contributed by atoms with E-state index >= 15 is 0 Å². The van der Waals surface area contributed by atoms with E-state index in [2.05, 4.69) is 0 Å². The molecule has 0 aromatic heterocycles. The van der Waals surface area contributed by atoms with Crippen LogP contribution in [0.15, 0.2) is 0 Å². The molecule has 0 rings (SSSR count). The Morgan fingerprint density at radius 1 is 1.27 bits per heavy atom. The molecule has 0 saturated carbocycles. The van der Waals surface area contributed by atoms with Gasteiger partial charge in [-0.2, -0.15) is 0 Å². The first-order chi connectivity index (χ1) is 4.77. The number of hydrogen-bond acceptors (Lipinski definition) is 3. The Labute approximate surface area is 70.2 Å². The van der Waals surface area contributed by atoms with E-state index in [9.17, 15) is 0 Å². The van der Waals surface area contributed by atoms with Gasteiger partial charge in [0.15, 0.2) is 0 Å². The Kier molecular flexibility index (Phi) is 8.06. The second-order valence-electron chi connectivity index (χ2n) is 3.89. The largest absolute Gasteiger partial charge is 0.395 e. The Bertz CT molecular complexity index is 70.7. The maximum Gasteiger partial charge on any atom is 0.0558 e. The molecule has 0 fully saturated rings. The summed E-state index contributed by atoms with van der Waals surface area (Å²) >= 11 is 0. The fourth-order valence-corrected chi connectivity index (χ4v) is 0.200. The summed E-state index contributed by atoms with van der Waals surface area (Å²) < 4.78 is 0. The zero-order valence-corrected chi connectivity index (χ0v) is 8.39. The number of rotatable bonds is 2. The van der Waals surface area contributed by atoms with Crippen LogP contribution >= 0.6 is 0 Å². The first-order valence-corrected chi connectivity index (χ1v) is 3.82. The van der Waals surface area contributed by atoms with Crippen molar-refractivity contribution in [3.05, 3.63) is 0 Å². The molecule has 0 saturated heterocycles. The molecule has 0 aliphatic carbocycles. The Balaban J connectivity index is 0. The van der Waals surface area contributed by atoms with Gasteiger partial charge >= 0.3 is 0 Å². The van der Waals surface area contributed by atoms with Crippen molar-refractivity contribution < 1.29 is 5.11 Å².